The van der Waals surface area contributed by atoms with Gasteiger partial charge in [0.15, 0.2) is 0 Å². The Morgan fingerprint density at radius 1 is 1.26 bits per heavy atom. The van der Waals surface area contributed by atoms with Crippen molar-refractivity contribution in [2.45, 2.75) is 13.5 Å². The number of aromatic nitrogens is 1. The van der Waals surface area contributed by atoms with Crippen LogP contribution in [-0.2, 0) is 6.54 Å². The molecule has 0 fully saturated rings. The summed E-state index contributed by atoms with van der Waals surface area (Å²) < 4.78 is 0.719. The zero-order valence-corrected chi connectivity index (χ0v) is 12.5. The highest BCUT2D eigenvalue weighted by atomic mass is 16.2. The Kier molecular flexibility index (Phi) is 3.29. The van der Waals surface area contributed by atoms with Gasteiger partial charge in [0.05, 0.1) is 17.7 Å². The number of hydrogen-bond acceptors (Lipinski definition) is 6. The van der Waals surface area contributed by atoms with E-state index in [1.54, 1.807) is 12.1 Å². The molecule has 8 heteroatoms. The van der Waals surface area contributed by atoms with Crippen molar-refractivity contribution in [3.63, 3.8) is 0 Å². The van der Waals surface area contributed by atoms with Crippen LogP contribution >= 0.6 is 0 Å². The number of carbonyl (C=O) groups is 1. The van der Waals surface area contributed by atoms with Crippen molar-refractivity contribution in [1.82, 2.24) is 4.68 Å². The molecule has 7 N–H and O–H groups in total. The Morgan fingerprint density at radius 2 is 1.91 bits per heavy atom. The van der Waals surface area contributed by atoms with Crippen LogP contribution in [0.25, 0.3) is 0 Å². The maximum Gasteiger partial charge on any atom is 0.281 e. The number of carbonyl (C=O) groups excluding carboxylic acids is 1. The number of anilines is 2. The lowest BCUT2D eigenvalue weighted by molar-refractivity contribution is 0.102. The van der Waals surface area contributed by atoms with Gasteiger partial charge in [-0.2, -0.15) is 0 Å². The summed E-state index contributed by atoms with van der Waals surface area (Å²) in [4.78, 5) is 28.7. The van der Waals surface area contributed by atoms with E-state index in [0.29, 0.717) is 11.3 Å². The Labute approximate surface area is 131 Å². The third-order valence-corrected chi connectivity index (χ3v) is 3.75. The summed E-state index contributed by atoms with van der Waals surface area (Å²) in [6, 6.07) is 7.28. The molecule has 0 saturated heterocycles. The average Bonchev–Trinajstić information content (AvgIpc) is 2.89. The first-order valence-corrected chi connectivity index (χ1v) is 6.91. The Hall–Kier alpha value is -3.29. The number of nitrogens with two attached hydrogens (primary N) is 3. The molecule has 2 heterocycles. The molecule has 2 aromatic rings. The molecule has 0 bridgehead atoms. The van der Waals surface area contributed by atoms with Gasteiger partial charge in [-0.05, 0) is 19.1 Å². The van der Waals surface area contributed by atoms with Gasteiger partial charge in [-0.15, -0.1) is 0 Å². The number of pyridine rings is 1. The van der Waals surface area contributed by atoms with Gasteiger partial charge < -0.3 is 22.6 Å². The van der Waals surface area contributed by atoms with Crippen molar-refractivity contribution >= 4 is 23.2 Å². The van der Waals surface area contributed by atoms with Crippen LogP contribution in [0.1, 0.15) is 27.0 Å². The first-order valence-electron chi connectivity index (χ1n) is 6.91. The first kappa shape index (κ1) is 14.6. The largest absolute Gasteiger partial charge is 0.383 e. The van der Waals surface area contributed by atoms with E-state index in [2.05, 4.69) is 10.3 Å². The number of nitrogen functional groups attached to an aromatic ring is 2. The molecule has 0 radical (unpaired) electrons. The summed E-state index contributed by atoms with van der Waals surface area (Å²) in [6.07, 6.45) is 0. The van der Waals surface area contributed by atoms with Gasteiger partial charge in [0.25, 0.3) is 11.5 Å². The lowest BCUT2D eigenvalue weighted by Gasteiger charge is -2.14. The summed E-state index contributed by atoms with van der Waals surface area (Å²) in [5.74, 6) is 5.13. The number of fused-ring (bicyclic) bond motifs is 1. The van der Waals surface area contributed by atoms with E-state index in [1.807, 2.05) is 19.1 Å². The fourth-order valence-electron chi connectivity index (χ4n) is 2.51. The highest BCUT2D eigenvalue weighted by Crippen LogP contribution is 2.24. The van der Waals surface area contributed by atoms with Crippen molar-refractivity contribution in [2.75, 3.05) is 16.9 Å². The molecule has 3 rings (SSSR count). The number of hydrogen-bond donors (Lipinski definition) is 4. The topological polar surface area (TPSA) is 142 Å². The molecule has 0 unspecified atom stereocenters. The molecule has 1 aromatic carbocycles. The number of benzene rings is 1. The maximum atomic E-state index is 12.6. The van der Waals surface area contributed by atoms with Crippen molar-refractivity contribution in [1.29, 1.82) is 0 Å². The summed E-state index contributed by atoms with van der Waals surface area (Å²) >= 11 is 0. The molecule has 118 valence electrons. The first-order chi connectivity index (χ1) is 10.9. The van der Waals surface area contributed by atoms with Crippen molar-refractivity contribution < 1.29 is 4.79 Å². The lowest BCUT2D eigenvalue weighted by Crippen LogP contribution is -2.38. The normalized spacial score (nSPS) is 12.7. The van der Waals surface area contributed by atoms with E-state index in [-0.39, 0.29) is 29.3 Å². The van der Waals surface area contributed by atoms with Crippen LogP contribution in [0, 0.1) is 6.92 Å². The zero-order valence-electron chi connectivity index (χ0n) is 12.5. The fourth-order valence-corrected chi connectivity index (χ4v) is 2.51. The number of nitrogens with zero attached hydrogens (tertiary/aromatic N) is 2. The predicted molar refractivity (Wildman–Crippen MR) is 88.8 cm³/mol. The second-order valence-electron chi connectivity index (χ2n) is 5.31. The van der Waals surface area contributed by atoms with Gasteiger partial charge in [-0.25, -0.2) is 4.68 Å². The average molecular weight is 312 g/mol. The van der Waals surface area contributed by atoms with Gasteiger partial charge in [0.2, 0.25) is 0 Å². The van der Waals surface area contributed by atoms with Crippen LogP contribution in [0.15, 0.2) is 34.1 Å². The number of aliphatic imine (C=N–C) groups is 1. The summed E-state index contributed by atoms with van der Waals surface area (Å²) in [6.45, 7) is 2.07. The molecule has 23 heavy (non-hydrogen) atoms. The van der Waals surface area contributed by atoms with E-state index < -0.39 is 11.5 Å². The Bertz CT molecular complexity index is 896. The van der Waals surface area contributed by atoms with Gasteiger partial charge in [-0.1, -0.05) is 17.7 Å². The van der Waals surface area contributed by atoms with Crippen LogP contribution in [0.2, 0.25) is 0 Å². The van der Waals surface area contributed by atoms with Crippen molar-refractivity contribution in [2.24, 2.45) is 10.7 Å². The highest BCUT2D eigenvalue weighted by Gasteiger charge is 2.28. The van der Waals surface area contributed by atoms with Gasteiger partial charge in [-0.3, -0.25) is 14.6 Å². The summed E-state index contributed by atoms with van der Waals surface area (Å²) in [5.41, 5.74) is 13.3. The minimum atomic E-state index is -0.567. The second kappa shape index (κ2) is 5.16. The molecule has 1 amide bonds. The minimum Gasteiger partial charge on any atom is -0.383 e. The minimum absolute atomic E-state index is 0.0635. The van der Waals surface area contributed by atoms with Crippen LogP contribution < -0.4 is 28.2 Å². The SMILES string of the molecule is Cc1ccc(NC(=O)c2c3c(c(=O)n(N)c2N)C(N)=NC3)cc1. The van der Waals surface area contributed by atoms with E-state index in [0.717, 1.165) is 10.2 Å². The summed E-state index contributed by atoms with van der Waals surface area (Å²) in [5, 5.41) is 2.74. The monoisotopic (exact) mass is 312 g/mol. The van der Waals surface area contributed by atoms with Gasteiger partial charge in [0.1, 0.15) is 11.7 Å². The van der Waals surface area contributed by atoms with E-state index in [4.69, 9.17) is 17.3 Å². The number of amidine groups is 1. The third kappa shape index (κ3) is 2.30. The smallest absolute Gasteiger partial charge is 0.281 e. The lowest BCUT2D eigenvalue weighted by atomic mass is 10.0. The molecule has 8 nitrogen and oxygen atoms in total. The number of aryl methyl sites for hydroxylation is 1. The van der Waals surface area contributed by atoms with Crippen LogP contribution in [0.5, 0.6) is 0 Å². The van der Waals surface area contributed by atoms with E-state index in [9.17, 15) is 9.59 Å². The fraction of sp³-hybridized carbons (Fsp3) is 0.133. The van der Waals surface area contributed by atoms with Crippen molar-refractivity contribution in [3.8, 4) is 0 Å². The Morgan fingerprint density at radius 3 is 2.57 bits per heavy atom. The second-order valence-corrected chi connectivity index (χ2v) is 5.31. The van der Waals surface area contributed by atoms with E-state index >= 15 is 0 Å². The van der Waals surface area contributed by atoms with E-state index in [1.165, 1.54) is 0 Å². The molecular formula is C15H16N6O2. The maximum absolute atomic E-state index is 12.6. The number of amides is 1. The van der Waals surface area contributed by atoms with Crippen molar-refractivity contribution in [3.05, 3.63) is 56.9 Å². The number of rotatable bonds is 2. The van der Waals surface area contributed by atoms with Crippen LogP contribution in [0.4, 0.5) is 11.5 Å². The van der Waals surface area contributed by atoms with Gasteiger partial charge >= 0.3 is 0 Å². The molecule has 0 aliphatic carbocycles. The quantitative estimate of drug-likeness (QED) is 0.574. The standard InChI is InChI=1S/C15H16N6O2/c1-7-2-4-8(5-3-7)20-14(22)11-9-6-19-12(16)10(9)15(23)21(18)13(11)17/h2-5H,6,17-18H2,1H3,(H2,16,19)(H,20,22). The highest BCUT2D eigenvalue weighted by molar-refractivity contribution is 6.12. The molecule has 1 aromatic heterocycles. The zero-order chi connectivity index (χ0) is 16.7. The number of nitrogens with one attached hydrogen (secondary N) is 1. The third-order valence-electron chi connectivity index (χ3n) is 3.75. The van der Waals surface area contributed by atoms with Crippen LogP contribution in [0.3, 0.4) is 0 Å². The van der Waals surface area contributed by atoms with Crippen LogP contribution in [-0.4, -0.2) is 16.4 Å². The molecule has 1 aliphatic heterocycles. The molecule has 1 aliphatic rings. The molecule has 0 saturated carbocycles. The molecular weight excluding hydrogens is 296 g/mol. The predicted octanol–water partition coefficient (Wildman–Crippen LogP) is -0.0761. The van der Waals surface area contributed by atoms with Gasteiger partial charge in [0, 0.05) is 11.3 Å². The molecule has 0 atom stereocenters. The summed E-state index contributed by atoms with van der Waals surface area (Å²) in [7, 11) is 0. The Balaban J connectivity index is 2.07. The molecule has 0 spiro atoms.